The average molecular weight is 304 g/mol. The van der Waals surface area contributed by atoms with Crippen LogP contribution in [-0.4, -0.2) is 21.8 Å². The van der Waals surface area contributed by atoms with E-state index < -0.39 is 17.0 Å². The third kappa shape index (κ3) is 1.75. The molecule has 7 atom stereocenters. The summed E-state index contributed by atoms with van der Waals surface area (Å²) in [6, 6.07) is 0. The Morgan fingerprint density at radius 1 is 1.18 bits per heavy atom. The smallest absolute Gasteiger partial charge is 0.309 e. The SMILES string of the molecule is C[C@@]1(C(=O)O)CCC[C@@H]2[C@H]1CC[C@@]13C[C@@H](C=C[C@@H]21)[C@](C)(O)C3. The number of aliphatic hydroxyl groups is 1. The molecule has 3 heteroatoms. The van der Waals surface area contributed by atoms with E-state index in [1.807, 2.05) is 13.8 Å². The highest BCUT2D eigenvalue weighted by Gasteiger charge is 2.62. The van der Waals surface area contributed by atoms with Gasteiger partial charge in [0.2, 0.25) is 0 Å². The number of carboxylic acids is 1. The highest BCUT2D eigenvalue weighted by Crippen LogP contribution is 2.67. The molecule has 0 saturated heterocycles. The van der Waals surface area contributed by atoms with Crippen molar-refractivity contribution in [3.8, 4) is 0 Å². The number of aliphatic carboxylic acids is 1. The second-order valence-electron chi connectivity index (χ2n) is 9.04. The van der Waals surface area contributed by atoms with Crippen molar-refractivity contribution in [2.45, 2.75) is 64.4 Å². The van der Waals surface area contributed by atoms with Crippen LogP contribution in [0.15, 0.2) is 12.2 Å². The highest BCUT2D eigenvalue weighted by atomic mass is 16.4. The highest BCUT2D eigenvalue weighted by molar-refractivity contribution is 5.74. The molecule has 0 aliphatic heterocycles. The second kappa shape index (κ2) is 4.37. The van der Waals surface area contributed by atoms with Gasteiger partial charge in [0, 0.05) is 5.92 Å². The zero-order valence-electron chi connectivity index (χ0n) is 13.7. The number of rotatable bonds is 1. The van der Waals surface area contributed by atoms with Gasteiger partial charge in [0.25, 0.3) is 0 Å². The van der Waals surface area contributed by atoms with Crippen molar-refractivity contribution in [1.82, 2.24) is 0 Å². The lowest BCUT2D eigenvalue weighted by Gasteiger charge is -2.56. The Kier molecular flexibility index (Phi) is 2.93. The molecule has 0 aromatic carbocycles. The molecule has 4 aliphatic rings. The monoisotopic (exact) mass is 304 g/mol. The quantitative estimate of drug-likeness (QED) is 0.727. The predicted molar refractivity (Wildman–Crippen MR) is 84.2 cm³/mol. The summed E-state index contributed by atoms with van der Waals surface area (Å²) in [4.78, 5) is 11.9. The van der Waals surface area contributed by atoms with Crippen molar-refractivity contribution < 1.29 is 15.0 Å². The number of carboxylic acid groups (broad SMARTS) is 1. The van der Waals surface area contributed by atoms with E-state index in [-0.39, 0.29) is 5.41 Å². The van der Waals surface area contributed by atoms with Gasteiger partial charge in [0.15, 0.2) is 0 Å². The van der Waals surface area contributed by atoms with Gasteiger partial charge in [-0.15, -0.1) is 0 Å². The molecule has 2 N–H and O–H groups in total. The Labute approximate surface area is 132 Å². The summed E-state index contributed by atoms with van der Waals surface area (Å²) < 4.78 is 0. The molecule has 122 valence electrons. The Bertz CT molecular complexity index is 537. The Hall–Kier alpha value is -0.830. The Balaban J connectivity index is 1.70. The molecule has 3 fully saturated rings. The van der Waals surface area contributed by atoms with Gasteiger partial charge < -0.3 is 10.2 Å². The van der Waals surface area contributed by atoms with Crippen LogP contribution in [0.3, 0.4) is 0 Å². The molecule has 3 saturated carbocycles. The second-order valence-corrected chi connectivity index (χ2v) is 9.04. The first-order chi connectivity index (χ1) is 10.3. The summed E-state index contributed by atoms with van der Waals surface area (Å²) in [5.41, 5.74) is -0.875. The first-order valence-electron chi connectivity index (χ1n) is 8.93. The van der Waals surface area contributed by atoms with Gasteiger partial charge in [-0.1, -0.05) is 18.6 Å². The van der Waals surface area contributed by atoms with E-state index in [1.54, 1.807) is 0 Å². The fraction of sp³-hybridized carbons (Fsp3) is 0.842. The summed E-state index contributed by atoms with van der Waals surface area (Å²) in [5, 5.41) is 20.5. The van der Waals surface area contributed by atoms with E-state index in [2.05, 4.69) is 12.2 Å². The molecule has 0 heterocycles. The normalized spacial score (nSPS) is 56.3. The fourth-order valence-electron chi connectivity index (χ4n) is 6.75. The lowest BCUT2D eigenvalue weighted by atomic mass is 9.48. The molecule has 0 aromatic heterocycles. The zero-order valence-corrected chi connectivity index (χ0v) is 13.7. The number of carbonyl (C=O) groups is 1. The molecule has 1 spiro atoms. The van der Waals surface area contributed by atoms with E-state index in [1.165, 1.54) is 0 Å². The van der Waals surface area contributed by atoms with Crippen LogP contribution < -0.4 is 0 Å². The predicted octanol–water partition coefficient (Wildman–Crippen LogP) is 3.62. The van der Waals surface area contributed by atoms with Crippen LogP contribution in [0.2, 0.25) is 0 Å². The molecule has 3 nitrogen and oxygen atoms in total. The number of hydrogen-bond donors (Lipinski definition) is 2. The Morgan fingerprint density at radius 3 is 2.68 bits per heavy atom. The third-order valence-corrected chi connectivity index (χ3v) is 7.86. The third-order valence-electron chi connectivity index (χ3n) is 7.86. The lowest BCUT2D eigenvalue weighted by molar-refractivity contribution is -0.161. The number of allylic oxidation sites excluding steroid dienone is 1. The Morgan fingerprint density at radius 2 is 1.95 bits per heavy atom. The fourth-order valence-corrected chi connectivity index (χ4v) is 6.75. The maximum absolute atomic E-state index is 11.9. The van der Waals surface area contributed by atoms with E-state index in [0.717, 1.165) is 44.9 Å². The van der Waals surface area contributed by atoms with Crippen LogP contribution in [0.1, 0.15) is 58.8 Å². The van der Waals surface area contributed by atoms with E-state index in [0.29, 0.717) is 23.7 Å². The van der Waals surface area contributed by atoms with Gasteiger partial charge in [-0.3, -0.25) is 4.79 Å². The van der Waals surface area contributed by atoms with Gasteiger partial charge in [-0.2, -0.15) is 0 Å². The molecule has 4 rings (SSSR count). The standard InChI is InChI=1S/C19H28O3/c1-17(16(20)21)8-3-4-13-14(17)7-9-19-10-12(5-6-15(13)19)18(2,22)11-19/h5-6,12-15,22H,3-4,7-11H2,1-2H3,(H,20,21)/t12-,13-,14-,15+,17-,18-,19+/m1/s1. The first-order valence-corrected chi connectivity index (χ1v) is 8.93. The van der Waals surface area contributed by atoms with Gasteiger partial charge >= 0.3 is 5.97 Å². The van der Waals surface area contributed by atoms with Crippen LogP contribution in [0.25, 0.3) is 0 Å². The van der Waals surface area contributed by atoms with Crippen LogP contribution in [-0.2, 0) is 4.79 Å². The minimum atomic E-state index is -0.603. The summed E-state index contributed by atoms with van der Waals surface area (Å²) in [6.45, 7) is 3.97. The molecule has 0 aromatic rings. The van der Waals surface area contributed by atoms with Crippen molar-refractivity contribution in [3.63, 3.8) is 0 Å². The van der Waals surface area contributed by atoms with Crippen molar-refractivity contribution in [2.24, 2.45) is 34.5 Å². The molecule has 2 bridgehead atoms. The molecular weight excluding hydrogens is 276 g/mol. The van der Waals surface area contributed by atoms with Gasteiger partial charge in [0.05, 0.1) is 11.0 Å². The maximum Gasteiger partial charge on any atom is 0.309 e. The van der Waals surface area contributed by atoms with Crippen molar-refractivity contribution >= 4 is 5.97 Å². The van der Waals surface area contributed by atoms with Crippen LogP contribution in [0, 0.1) is 34.5 Å². The molecule has 0 radical (unpaired) electrons. The summed E-state index contributed by atoms with van der Waals surface area (Å²) in [5.74, 6) is 0.982. The van der Waals surface area contributed by atoms with Crippen molar-refractivity contribution in [2.75, 3.05) is 0 Å². The van der Waals surface area contributed by atoms with Crippen molar-refractivity contribution in [1.29, 1.82) is 0 Å². The average Bonchev–Trinajstić information content (AvgIpc) is 2.64. The molecule has 22 heavy (non-hydrogen) atoms. The van der Waals surface area contributed by atoms with E-state index >= 15 is 0 Å². The minimum absolute atomic E-state index is 0.237. The molecule has 0 amide bonds. The maximum atomic E-state index is 11.9. The number of hydrogen-bond acceptors (Lipinski definition) is 2. The molecule has 0 unspecified atom stereocenters. The van der Waals surface area contributed by atoms with Crippen LogP contribution in [0.5, 0.6) is 0 Å². The van der Waals surface area contributed by atoms with Gasteiger partial charge in [-0.25, -0.2) is 0 Å². The molecular formula is C19H28O3. The lowest BCUT2D eigenvalue weighted by Crippen LogP contribution is -2.52. The minimum Gasteiger partial charge on any atom is -0.481 e. The largest absolute Gasteiger partial charge is 0.481 e. The first kappa shape index (κ1) is 14.7. The summed E-state index contributed by atoms with van der Waals surface area (Å²) in [7, 11) is 0. The summed E-state index contributed by atoms with van der Waals surface area (Å²) >= 11 is 0. The van der Waals surface area contributed by atoms with Crippen molar-refractivity contribution in [3.05, 3.63) is 12.2 Å². The van der Waals surface area contributed by atoms with Gasteiger partial charge in [-0.05, 0) is 75.5 Å². The number of fused-ring (bicyclic) bond motifs is 3. The van der Waals surface area contributed by atoms with E-state index in [9.17, 15) is 15.0 Å². The zero-order chi connectivity index (χ0) is 15.8. The van der Waals surface area contributed by atoms with Crippen LogP contribution in [0.4, 0.5) is 0 Å². The summed E-state index contributed by atoms with van der Waals surface area (Å²) in [6.07, 6.45) is 11.8. The topological polar surface area (TPSA) is 57.5 Å². The van der Waals surface area contributed by atoms with Crippen LogP contribution >= 0.6 is 0 Å². The van der Waals surface area contributed by atoms with E-state index in [4.69, 9.17) is 0 Å². The van der Waals surface area contributed by atoms with Gasteiger partial charge in [0.1, 0.15) is 0 Å². The molecule has 4 aliphatic carbocycles.